The molecule has 0 unspecified atom stereocenters. The highest BCUT2D eigenvalue weighted by atomic mass is 29.2. The number of anilines is 1. The quantitative estimate of drug-likeness (QED) is 0.191. The topological polar surface area (TPSA) is 138 Å². The zero-order valence-corrected chi connectivity index (χ0v) is 28.3. The highest BCUT2D eigenvalue weighted by Crippen LogP contribution is 2.46. The number of ketones is 1. The van der Waals surface area contributed by atoms with E-state index >= 15 is 0 Å². The van der Waals surface area contributed by atoms with E-state index in [0.717, 1.165) is 0 Å². The molecule has 43 heavy (non-hydrogen) atoms. The first-order valence-corrected chi connectivity index (χ1v) is 20.4. The zero-order valence-electron chi connectivity index (χ0n) is 26.1. The van der Waals surface area contributed by atoms with Crippen LogP contribution in [0.15, 0.2) is 36.9 Å². The molecule has 13 heteroatoms. The number of imidazole rings is 1. The smallest absolute Gasteiger partial charge is 0.257 e. The van der Waals surface area contributed by atoms with Crippen LogP contribution in [0.5, 0.6) is 0 Å². The van der Waals surface area contributed by atoms with Crippen molar-refractivity contribution in [3.63, 3.8) is 0 Å². The van der Waals surface area contributed by atoms with Crippen LogP contribution in [0.4, 0.5) is 5.82 Å². The van der Waals surface area contributed by atoms with Crippen LogP contribution in [0.1, 0.15) is 82.3 Å². The van der Waals surface area contributed by atoms with E-state index in [2.05, 4.69) is 75.7 Å². The number of hydrogen-bond acceptors (Lipinski definition) is 9. The number of hydrogen-bond donors (Lipinski definition) is 2. The predicted octanol–water partition coefficient (Wildman–Crippen LogP) is 4.99. The number of fused-ring (bicyclic) bond motifs is 3. The fourth-order valence-corrected chi connectivity index (χ4v) is 26.2. The van der Waals surface area contributed by atoms with Crippen molar-refractivity contribution in [2.75, 3.05) is 11.9 Å². The highest BCUT2D eigenvalue weighted by Gasteiger charge is 2.57. The van der Waals surface area contributed by atoms with Gasteiger partial charge >= 0.3 is 0 Å². The molecular weight excluding hydrogens is 583 g/mol. The summed E-state index contributed by atoms with van der Waals surface area (Å²) in [5, 5.41) is 13.3. The number of aliphatic hydroxyl groups is 1. The van der Waals surface area contributed by atoms with Gasteiger partial charge in [-0.25, -0.2) is 19.8 Å². The van der Waals surface area contributed by atoms with Gasteiger partial charge in [0.25, 0.3) is 5.91 Å². The maximum atomic E-state index is 14.6. The third-order valence-electron chi connectivity index (χ3n) is 9.19. The van der Waals surface area contributed by atoms with Crippen LogP contribution in [0.25, 0.3) is 11.2 Å². The standard InChI is InChI=1S/C30H43N5O6Si2/c1-16(2)42(17(3)4)43(18(5)6,19(7)8)41-40-26-22(13-36)39-30-23(26)25(37)20-11-9-10-12-21(20)29(38)34-27-24-28(32-14-31-27)35(30)15-33-24/h9-12,14-19,22-23,26,30,36,42H,13H2,1-8H3,(H,31,32,34,38)/t22-,23-,26-,30-/m1/s1. The molecule has 2 aromatic heterocycles. The maximum Gasteiger partial charge on any atom is 0.257 e. The lowest BCUT2D eigenvalue weighted by atomic mass is 9.88. The molecule has 2 aliphatic heterocycles. The van der Waals surface area contributed by atoms with Gasteiger partial charge in [0.15, 0.2) is 22.8 Å². The van der Waals surface area contributed by atoms with Crippen LogP contribution in [0, 0.1) is 5.92 Å². The minimum atomic E-state index is -2.55. The third-order valence-corrected chi connectivity index (χ3v) is 28.5. The third kappa shape index (κ3) is 5.29. The van der Waals surface area contributed by atoms with Crippen LogP contribution < -0.4 is 5.32 Å². The Kier molecular flexibility index (Phi) is 9.03. The number of aromatic nitrogens is 4. The average Bonchev–Trinajstić information content (AvgIpc) is 3.55. The van der Waals surface area contributed by atoms with Gasteiger partial charge < -0.3 is 15.2 Å². The second kappa shape index (κ2) is 12.3. The molecule has 0 saturated carbocycles. The summed E-state index contributed by atoms with van der Waals surface area (Å²) in [6, 6.07) is 6.66. The summed E-state index contributed by atoms with van der Waals surface area (Å²) in [5.41, 5.74) is 2.66. The average molecular weight is 626 g/mol. The van der Waals surface area contributed by atoms with Crippen LogP contribution in [-0.4, -0.2) is 71.3 Å². The second-order valence-corrected chi connectivity index (χ2v) is 25.6. The molecule has 232 valence electrons. The summed E-state index contributed by atoms with van der Waals surface area (Å²) >= 11 is 0. The number of rotatable bonds is 9. The number of Topliss-reactive ketones (excluding diaryl/α,β-unsaturated/α-hetero) is 1. The lowest BCUT2D eigenvalue weighted by Gasteiger charge is -2.46. The minimum Gasteiger partial charge on any atom is -0.394 e. The lowest BCUT2D eigenvalue weighted by molar-refractivity contribution is -0.271. The summed E-state index contributed by atoms with van der Waals surface area (Å²) in [4.78, 5) is 47.7. The van der Waals surface area contributed by atoms with Crippen molar-refractivity contribution in [1.82, 2.24) is 19.5 Å². The molecule has 4 heterocycles. The van der Waals surface area contributed by atoms with Crippen molar-refractivity contribution in [1.29, 1.82) is 0 Å². The molecule has 1 aromatic carbocycles. The molecule has 0 radical (unpaired) electrons. The molecule has 2 N–H and O–H groups in total. The van der Waals surface area contributed by atoms with E-state index in [1.165, 1.54) is 12.7 Å². The summed E-state index contributed by atoms with van der Waals surface area (Å²) in [5.74, 6) is -1.58. The van der Waals surface area contributed by atoms with Crippen LogP contribution in [-0.2, 0) is 14.2 Å². The van der Waals surface area contributed by atoms with Gasteiger partial charge in [0, 0.05) is 5.56 Å². The Balaban J connectivity index is 1.66. The van der Waals surface area contributed by atoms with E-state index in [9.17, 15) is 14.7 Å². The Morgan fingerprint density at radius 3 is 2.26 bits per heavy atom. The van der Waals surface area contributed by atoms with Crippen molar-refractivity contribution in [3.05, 3.63) is 48.0 Å². The van der Waals surface area contributed by atoms with Gasteiger partial charge in [-0.1, -0.05) is 84.7 Å². The second-order valence-electron chi connectivity index (χ2n) is 13.0. The van der Waals surface area contributed by atoms with Crippen molar-refractivity contribution >= 4 is 44.8 Å². The van der Waals surface area contributed by atoms with Gasteiger partial charge in [0.2, 0.25) is 7.83 Å². The summed E-state index contributed by atoms with van der Waals surface area (Å²) in [6.07, 6.45) is 0.111. The monoisotopic (exact) mass is 625 g/mol. The van der Waals surface area contributed by atoms with E-state index in [1.54, 1.807) is 28.8 Å². The lowest BCUT2D eigenvalue weighted by Crippen LogP contribution is -2.61. The van der Waals surface area contributed by atoms with Crippen LogP contribution in [0.2, 0.25) is 22.2 Å². The molecule has 4 bridgehead atoms. The van der Waals surface area contributed by atoms with Gasteiger partial charge in [-0.15, -0.1) is 0 Å². The summed E-state index contributed by atoms with van der Waals surface area (Å²) < 4.78 is 14.9. The maximum absolute atomic E-state index is 14.6. The fraction of sp³-hybridized carbons (Fsp3) is 0.567. The van der Waals surface area contributed by atoms with Crippen molar-refractivity contribution < 1.29 is 28.9 Å². The van der Waals surface area contributed by atoms with E-state index in [1.807, 2.05) is 0 Å². The number of amides is 1. The first-order chi connectivity index (χ1) is 20.4. The Bertz CT molecular complexity index is 1480. The molecule has 0 aliphatic carbocycles. The van der Waals surface area contributed by atoms with Gasteiger partial charge in [0.05, 0.1) is 32.7 Å². The molecule has 1 saturated heterocycles. The molecule has 1 amide bonds. The molecule has 3 aromatic rings. The number of carbonyl (C=O) groups is 2. The van der Waals surface area contributed by atoms with E-state index in [4.69, 9.17) is 14.2 Å². The van der Waals surface area contributed by atoms with Crippen LogP contribution >= 0.6 is 0 Å². The number of aliphatic hydroxyl groups excluding tert-OH is 1. The zero-order chi connectivity index (χ0) is 31.2. The fourth-order valence-electron chi connectivity index (χ4n) is 7.54. The molecule has 0 spiro atoms. The Labute approximate surface area is 254 Å². The number of benzene rings is 1. The normalized spacial score (nSPS) is 22.7. The van der Waals surface area contributed by atoms with Crippen molar-refractivity contribution in [2.24, 2.45) is 5.92 Å². The Morgan fingerprint density at radius 2 is 1.65 bits per heavy atom. The molecule has 11 nitrogen and oxygen atoms in total. The first-order valence-electron chi connectivity index (χ1n) is 15.2. The molecular formula is C30H43N5O6Si2. The first kappa shape index (κ1) is 31.6. The SMILES string of the molecule is CC(C)[SiH](C(C)C)[Si](OO[C@H]1[C@H]2C(=O)c3ccccc3C(=O)Nc3ncnc4c3ncn4[C@@H]2O[C@@H]1CO)(C(C)C)C(C)C. The minimum absolute atomic E-state index is 0.197. The van der Waals surface area contributed by atoms with Gasteiger partial charge in [-0.2, -0.15) is 0 Å². The van der Waals surface area contributed by atoms with Crippen molar-refractivity contribution in [3.8, 4) is 0 Å². The Morgan fingerprint density at radius 1 is 1.00 bits per heavy atom. The van der Waals surface area contributed by atoms with Crippen LogP contribution in [0.3, 0.4) is 0 Å². The molecule has 2 aliphatic rings. The van der Waals surface area contributed by atoms with Crippen molar-refractivity contribution in [2.45, 2.75) is 96.0 Å². The van der Waals surface area contributed by atoms with Gasteiger partial charge in [0.1, 0.15) is 24.8 Å². The molecule has 4 atom stereocenters. The summed E-state index contributed by atoms with van der Waals surface area (Å²) in [6.45, 7) is 17.6. The largest absolute Gasteiger partial charge is 0.394 e. The predicted molar refractivity (Wildman–Crippen MR) is 168 cm³/mol. The number of ether oxygens (including phenoxy) is 1. The van der Waals surface area contributed by atoms with E-state index in [0.29, 0.717) is 22.2 Å². The number of nitrogens with one attached hydrogen (secondary N) is 1. The van der Waals surface area contributed by atoms with Gasteiger partial charge in [-0.05, 0) is 17.1 Å². The number of carbonyl (C=O) groups excluding carboxylic acids is 2. The van der Waals surface area contributed by atoms with E-state index in [-0.39, 0.29) is 33.8 Å². The van der Waals surface area contributed by atoms with E-state index < -0.39 is 53.0 Å². The molecule has 1 fully saturated rings. The summed E-state index contributed by atoms with van der Waals surface area (Å²) in [7, 11) is -4.08. The van der Waals surface area contributed by atoms with Gasteiger partial charge in [-0.3, -0.25) is 18.7 Å². The highest BCUT2D eigenvalue weighted by molar-refractivity contribution is 7.32. The number of nitrogens with zero attached hydrogens (tertiary/aromatic N) is 4. The Hall–Kier alpha value is -2.82. The molecule has 5 rings (SSSR count).